The molecular formula is C9H13BrN4O4S. The van der Waals surface area contributed by atoms with Crippen molar-refractivity contribution in [3.05, 3.63) is 4.60 Å². The Labute approximate surface area is 118 Å². The topological polar surface area (TPSA) is 114 Å². The molecule has 0 atom stereocenters. The number of aliphatic carboxylic acids is 1. The summed E-state index contributed by atoms with van der Waals surface area (Å²) in [6.45, 7) is 0. The van der Waals surface area contributed by atoms with Crippen LogP contribution in [0, 0.1) is 0 Å². The van der Waals surface area contributed by atoms with Crippen LogP contribution in [-0.2, 0) is 21.9 Å². The van der Waals surface area contributed by atoms with Gasteiger partial charge in [-0.2, -0.15) is 0 Å². The quantitative estimate of drug-likeness (QED) is 0.785. The molecule has 0 unspecified atom stereocenters. The van der Waals surface area contributed by atoms with Crippen LogP contribution in [0.3, 0.4) is 0 Å². The van der Waals surface area contributed by atoms with Crippen molar-refractivity contribution in [3.8, 4) is 0 Å². The van der Waals surface area contributed by atoms with E-state index >= 15 is 0 Å². The highest BCUT2D eigenvalue weighted by Crippen LogP contribution is 2.36. The summed E-state index contributed by atoms with van der Waals surface area (Å²) in [5, 5.41) is 16.0. The average molecular weight is 353 g/mol. The summed E-state index contributed by atoms with van der Waals surface area (Å²) in [5.74, 6) is -1.02. The molecule has 10 heteroatoms. The SMILES string of the molecule is Cn1nnc(Br)c1S(=O)(=O)NC1(CC(=O)O)CCC1. The van der Waals surface area contributed by atoms with Crippen molar-refractivity contribution >= 4 is 31.9 Å². The van der Waals surface area contributed by atoms with E-state index in [1.807, 2.05) is 0 Å². The maximum atomic E-state index is 12.3. The van der Waals surface area contributed by atoms with Gasteiger partial charge in [0.2, 0.25) is 5.03 Å². The summed E-state index contributed by atoms with van der Waals surface area (Å²) in [4.78, 5) is 10.8. The lowest BCUT2D eigenvalue weighted by Gasteiger charge is -2.40. The zero-order chi connectivity index (χ0) is 14.3. The summed E-state index contributed by atoms with van der Waals surface area (Å²) in [5.41, 5.74) is -0.894. The van der Waals surface area contributed by atoms with Crippen LogP contribution < -0.4 is 4.72 Å². The largest absolute Gasteiger partial charge is 0.481 e. The summed E-state index contributed by atoms with van der Waals surface area (Å²) in [6.07, 6.45) is 1.61. The van der Waals surface area contributed by atoms with Gasteiger partial charge < -0.3 is 5.11 Å². The molecule has 0 radical (unpaired) electrons. The Morgan fingerprint density at radius 2 is 2.21 bits per heavy atom. The molecule has 0 aliphatic heterocycles. The van der Waals surface area contributed by atoms with E-state index < -0.39 is 21.5 Å². The third kappa shape index (κ3) is 2.79. The van der Waals surface area contributed by atoms with Crippen molar-refractivity contribution in [2.24, 2.45) is 7.05 Å². The van der Waals surface area contributed by atoms with Gasteiger partial charge in [0.05, 0.1) is 6.42 Å². The van der Waals surface area contributed by atoms with Gasteiger partial charge in [0.25, 0.3) is 10.0 Å². The lowest BCUT2D eigenvalue weighted by molar-refractivity contribution is -0.139. The highest BCUT2D eigenvalue weighted by Gasteiger charge is 2.43. The van der Waals surface area contributed by atoms with Crippen molar-refractivity contribution in [2.75, 3.05) is 0 Å². The molecular weight excluding hydrogens is 340 g/mol. The number of carboxylic acid groups (broad SMARTS) is 1. The van der Waals surface area contributed by atoms with Crippen molar-refractivity contribution < 1.29 is 18.3 Å². The molecule has 2 N–H and O–H groups in total. The molecule has 2 rings (SSSR count). The molecule has 1 fully saturated rings. The first-order valence-electron chi connectivity index (χ1n) is 5.57. The number of nitrogens with zero attached hydrogens (tertiary/aromatic N) is 3. The average Bonchev–Trinajstić information content (AvgIpc) is 2.54. The van der Waals surface area contributed by atoms with E-state index in [1.165, 1.54) is 7.05 Å². The van der Waals surface area contributed by atoms with Crippen LogP contribution >= 0.6 is 15.9 Å². The second-order valence-corrected chi connectivity index (χ2v) is 6.97. The molecule has 1 aromatic rings. The third-order valence-corrected chi connectivity index (χ3v) is 5.61. The third-order valence-electron chi connectivity index (χ3n) is 3.14. The number of hydrogen-bond donors (Lipinski definition) is 2. The van der Waals surface area contributed by atoms with Crippen LogP contribution in [0.5, 0.6) is 0 Å². The molecule has 1 aromatic heterocycles. The smallest absolute Gasteiger partial charge is 0.305 e. The minimum atomic E-state index is -3.86. The molecule has 1 aliphatic rings. The molecule has 0 bridgehead atoms. The van der Waals surface area contributed by atoms with Gasteiger partial charge in [-0.15, -0.1) is 5.10 Å². The van der Waals surface area contributed by atoms with E-state index in [2.05, 4.69) is 31.0 Å². The normalized spacial score (nSPS) is 18.0. The van der Waals surface area contributed by atoms with Gasteiger partial charge in [-0.3, -0.25) is 4.79 Å². The van der Waals surface area contributed by atoms with Gasteiger partial charge in [-0.25, -0.2) is 17.8 Å². The van der Waals surface area contributed by atoms with Gasteiger partial charge in [-0.1, -0.05) is 5.21 Å². The zero-order valence-electron chi connectivity index (χ0n) is 10.1. The minimum absolute atomic E-state index is 0.104. The Morgan fingerprint density at radius 3 is 2.58 bits per heavy atom. The summed E-state index contributed by atoms with van der Waals surface area (Å²) < 4.78 is 28.3. The zero-order valence-corrected chi connectivity index (χ0v) is 12.5. The number of rotatable bonds is 5. The Hall–Kier alpha value is -1.00. The second kappa shape index (κ2) is 4.84. The van der Waals surface area contributed by atoms with Crippen LogP contribution in [0.15, 0.2) is 9.63 Å². The van der Waals surface area contributed by atoms with E-state index in [0.29, 0.717) is 12.8 Å². The van der Waals surface area contributed by atoms with Crippen LogP contribution in [-0.4, -0.2) is 40.0 Å². The van der Waals surface area contributed by atoms with Crippen molar-refractivity contribution in [2.45, 2.75) is 36.2 Å². The molecule has 0 aromatic carbocycles. The number of aryl methyl sites for hydroxylation is 1. The number of sulfonamides is 1. The fraction of sp³-hybridized carbons (Fsp3) is 0.667. The lowest BCUT2D eigenvalue weighted by atomic mass is 9.75. The number of aromatic nitrogens is 3. The first-order valence-corrected chi connectivity index (χ1v) is 7.84. The van der Waals surface area contributed by atoms with E-state index in [4.69, 9.17) is 5.11 Å². The fourth-order valence-electron chi connectivity index (χ4n) is 2.15. The molecule has 106 valence electrons. The molecule has 19 heavy (non-hydrogen) atoms. The second-order valence-electron chi connectivity index (χ2n) is 4.62. The summed E-state index contributed by atoms with van der Waals surface area (Å²) in [7, 11) is -2.41. The number of halogens is 1. The van der Waals surface area contributed by atoms with Gasteiger partial charge in [0.1, 0.15) is 0 Å². The predicted octanol–water partition coefficient (Wildman–Crippen LogP) is 0.253. The number of carbonyl (C=O) groups is 1. The van der Waals surface area contributed by atoms with Crippen molar-refractivity contribution in [1.82, 2.24) is 19.7 Å². The van der Waals surface area contributed by atoms with Crippen LogP contribution in [0.2, 0.25) is 0 Å². The minimum Gasteiger partial charge on any atom is -0.481 e. The van der Waals surface area contributed by atoms with E-state index in [0.717, 1.165) is 11.1 Å². The number of carboxylic acids is 1. The lowest BCUT2D eigenvalue weighted by Crippen LogP contribution is -2.54. The highest BCUT2D eigenvalue weighted by atomic mass is 79.9. The predicted molar refractivity (Wildman–Crippen MR) is 67.9 cm³/mol. The molecule has 0 amide bonds. The van der Waals surface area contributed by atoms with Crippen LogP contribution in [0.1, 0.15) is 25.7 Å². The molecule has 8 nitrogen and oxygen atoms in total. The number of hydrogen-bond acceptors (Lipinski definition) is 5. The highest BCUT2D eigenvalue weighted by molar-refractivity contribution is 9.10. The van der Waals surface area contributed by atoms with Gasteiger partial charge in [-0.05, 0) is 35.2 Å². The van der Waals surface area contributed by atoms with Gasteiger partial charge in [0, 0.05) is 12.6 Å². The Balaban J connectivity index is 2.29. The van der Waals surface area contributed by atoms with E-state index in [1.54, 1.807) is 0 Å². The summed E-state index contributed by atoms with van der Waals surface area (Å²) >= 11 is 3.02. The van der Waals surface area contributed by atoms with Crippen molar-refractivity contribution in [3.63, 3.8) is 0 Å². The molecule has 1 aliphatic carbocycles. The maximum absolute atomic E-state index is 12.3. The monoisotopic (exact) mass is 352 g/mol. The Bertz CT molecular complexity index is 588. The molecule has 1 saturated carbocycles. The molecule has 0 spiro atoms. The van der Waals surface area contributed by atoms with E-state index in [9.17, 15) is 13.2 Å². The number of nitrogens with one attached hydrogen (secondary N) is 1. The standard InChI is InChI=1S/C9H13BrN4O4S/c1-14-8(7(10)11-13-14)19(17,18)12-9(3-2-4-9)5-6(15)16/h12H,2-5H2,1H3,(H,15,16). The van der Waals surface area contributed by atoms with Crippen LogP contribution in [0.25, 0.3) is 0 Å². The van der Waals surface area contributed by atoms with Gasteiger partial charge >= 0.3 is 5.97 Å². The first kappa shape index (κ1) is 14.4. The summed E-state index contributed by atoms with van der Waals surface area (Å²) in [6, 6.07) is 0. The van der Waals surface area contributed by atoms with Crippen LogP contribution in [0.4, 0.5) is 0 Å². The Kier molecular flexibility index (Phi) is 3.67. The van der Waals surface area contributed by atoms with Gasteiger partial charge in [0.15, 0.2) is 4.60 Å². The molecule has 0 saturated heterocycles. The maximum Gasteiger partial charge on any atom is 0.305 e. The molecule has 1 heterocycles. The Morgan fingerprint density at radius 1 is 1.58 bits per heavy atom. The fourth-order valence-corrected chi connectivity index (χ4v) is 4.71. The first-order chi connectivity index (χ1) is 8.76. The van der Waals surface area contributed by atoms with Crippen molar-refractivity contribution in [1.29, 1.82) is 0 Å². The van der Waals surface area contributed by atoms with E-state index in [-0.39, 0.29) is 16.0 Å².